The van der Waals surface area contributed by atoms with E-state index < -0.39 is 0 Å². The summed E-state index contributed by atoms with van der Waals surface area (Å²) in [6.07, 6.45) is 0.758. The lowest BCUT2D eigenvalue weighted by Crippen LogP contribution is -2.25. The summed E-state index contributed by atoms with van der Waals surface area (Å²) in [4.78, 5) is 36.2. The van der Waals surface area contributed by atoms with Gasteiger partial charge < -0.3 is 5.32 Å². The molecule has 1 atom stereocenters. The number of rotatable bonds is 5. The van der Waals surface area contributed by atoms with Crippen molar-refractivity contribution in [1.29, 1.82) is 0 Å². The number of amides is 1. The fourth-order valence-electron chi connectivity index (χ4n) is 3.92. The highest BCUT2D eigenvalue weighted by Crippen LogP contribution is 2.35. The average Bonchev–Trinajstić information content (AvgIpc) is 3.33. The van der Waals surface area contributed by atoms with Crippen LogP contribution in [0.4, 0.5) is 5.13 Å². The molecular weight excluding hydrogens is 472 g/mol. The molecule has 4 aromatic rings. The molecule has 0 saturated carbocycles. The number of anilines is 1. The summed E-state index contributed by atoms with van der Waals surface area (Å²) in [5.74, 6) is -0.0437. The Hall–Kier alpha value is -2.62. The smallest absolute Gasteiger partial charge is 0.272 e. The lowest BCUT2D eigenvalue weighted by molar-refractivity contribution is -0.113. The average molecular weight is 495 g/mol. The summed E-state index contributed by atoms with van der Waals surface area (Å²) in [6.45, 7) is 6.13. The van der Waals surface area contributed by atoms with Crippen molar-refractivity contribution in [3.8, 4) is 5.69 Å². The highest BCUT2D eigenvalue weighted by molar-refractivity contribution is 8.00. The minimum atomic E-state index is -0.177. The molecule has 168 valence electrons. The number of carbonyl (C=O) groups excluding carboxylic acids is 1. The molecule has 2 aromatic carbocycles. The van der Waals surface area contributed by atoms with Crippen molar-refractivity contribution in [3.63, 3.8) is 0 Å². The van der Waals surface area contributed by atoms with E-state index in [0.717, 1.165) is 39.1 Å². The summed E-state index contributed by atoms with van der Waals surface area (Å²) >= 11 is 4.30. The molecule has 0 saturated heterocycles. The van der Waals surface area contributed by atoms with Gasteiger partial charge in [-0.1, -0.05) is 48.2 Å². The van der Waals surface area contributed by atoms with Gasteiger partial charge in [0.05, 0.1) is 32.2 Å². The lowest BCUT2D eigenvalue weighted by atomic mass is 10.1. The van der Waals surface area contributed by atoms with Gasteiger partial charge in [-0.2, -0.15) is 0 Å². The first-order chi connectivity index (χ1) is 15.9. The van der Waals surface area contributed by atoms with Crippen molar-refractivity contribution in [3.05, 3.63) is 69.6 Å². The van der Waals surface area contributed by atoms with Crippen LogP contribution in [0.3, 0.4) is 0 Å². The van der Waals surface area contributed by atoms with E-state index in [1.807, 2.05) is 50.2 Å². The fraction of sp³-hybridized carbons (Fsp3) is 0.250. The van der Waals surface area contributed by atoms with Crippen LogP contribution in [0.5, 0.6) is 0 Å². The Morgan fingerprint density at radius 2 is 1.94 bits per heavy atom. The summed E-state index contributed by atoms with van der Waals surface area (Å²) in [6, 6.07) is 13.8. The molecule has 1 N–H and O–H groups in total. The van der Waals surface area contributed by atoms with Crippen LogP contribution in [-0.2, 0) is 11.2 Å². The van der Waals surface area contributed by atoms with Gasteiger partial charge in [-0.25, -0.2) is 9.97 Å². The Bertz CT molecular complexity index is 1390. The maximum atomic E-state index is 13.5. The van der Waals surface area contributed by atoms with Crippen LogP contribution in [0.1, 0.15) is 23.7 Å². The molecule has 2 aromatic heterocycles. The van der Waals surface area contributed by atoms with Gasteiger partial charge in [0.2, 0.25) is 5.91 Å². The number of hydrogen-bond acceptors (Lipinski definition) is 7. The maximum absolute atomic E-state index is 13.5. The number of thioether (sulfide) groups is 2. The summed E-state index contributed by atoms with van der Waals surface area (Å²) < 4.78 is 2.68. The highest BCUT2D eigenvalue weighted by Gasteiger charge is 2.27. The van der Waals surface area contributed by atoms with Gasteiger partial charge in [-0.15, -0.1) is 11.8 Å². The first-order valence-electron chi connectivity index (χ1n) is 10.6. The largest absolute Gasteiger partial charge is 0.301 e. The van der Waals surface area contributed by atoms with E-state index in [1.165, 1.54) is 23.1 Å². The number of fused-ring (bicyclic) bond motifs is 2. The fourth-order valence-corrected chi connectivity index (χ4v) is 6.72. The maximum Gasteiger partial charge on any atom is 0.272 e. The zero-order valence-electron chi connectivity index (χ0n) is 18.4. The van der Waals surface area contributed by atoms with Gasteiger partial charge in [0.15, 0.2) is 10.3 Å². The van der Waals surface area contributed by atoms with Crippen LogP contribution in [0, 0.1) is 13.8 Å². The highest BCUT2D eigenvalue weighted by atomic mass is 32.2. The van der Waals surface area contributed by atoms with Crippen LogP contribution >= 0.6 is 34.9 Å². The molecule has 0 radical (unpaired) electrons. The first-order valence-corrected chi connectivity index (χ1v) is 13.2. The van der Waals surface area contributed by atoms with Crippen molar-refractivity contribution >= 4 is 56.1 Å². The van der Waals surface area contributed by atoms with Crippen molar-refractivity contribution in [2.24, 2.45) is 0 Å². The SMILES string of the molecule is Cc1cc(C)cc(-n2c(SCC(=O)Nc3nc4ccccc4s3)nc3c(c2=O)SC(C)C3)c1. The minimum absolute atomic E-state index is 0.0616. The number of carbonyl (C=O) groups is 1. The van der Waals surface area contributed by atoms with Gasteiger partial charge >= 0.3 is 0 Å². The molecule has 5 rings (SSSR count). The number of nitrogens with one attached hydrogen (secondary N) is 1. The second-order valence-electron chi connectivity index (χ2n) is 8.11. The van der Waals surface area contributed by atoms with E-state index in [4.69, 9.17) is 4.98 Å². The van der Waals surface area contributed by atoms with E-state index in [9.17, 15) is 9.59 Å². The molecule has 6 nitrogen and oxygen atoms in total. The lowest BCUT2D eigenvalue weighted by Gasteiger charge is -2.14. The van der Waals surface area contributed by atoms with E-state index in [1.54, 1.807) is 16.3 Å². The van der Waals surface area contributed by atoms with Gasteiger partial charge in [0, 0.05) is 11.7 Å². The number of thiazole rings is 1. The zero-order chi connectivity index (χ0) is 23.1. The van der Waals surface area contributed by atoms with Crippen LogP contribution in [-0.4, -0.2) is 31.4 Å². The standard InChI is InChI=1S/C24H22N4O2S3/c1-13-8-14(2)10-16(9-13)28-22(30)21-18(11-15(3)32-21)26-24(28)31-12-20(29)27-23-25-17-6-4-5-7-19(17)33-23/h4-10,15H,11-12H2,1-3H3,(H,25,27,29). The number of para-hydroxylation sites is 1. The van der Waals surface area contributed by atoms with Crippen molar-refractivity contribution < 1.29 is 4.79 Å². The summed E-state index contributed by atoms with van der Waals surface area (Å²) in [5, 5.41) is 4.31. The van der Waals surface area contributed by atoms with Gasteiger partial charge in [-0.3, -0.25) is 14.2 Å². The van der Waals surface area contributed by atoms with Gasteiger partial charge in [0.1, 0.15) is 0 Å². The van der Waals surface area contributed by atoms with Crippen molar-refractivity contribution in [1.82, 2.24) is 14.5 Å². The third-order valence-corrected chi connectivity index (χ3v) is 8.32. The number of hydrogen-bond donors (Lipinski definition) is 1. The molecule has 1 aliphatic heterocycles. The molecule has 1 aliphatic rings. The minimum Gasteiger partial charge on any atom is -0.301 e. The Labute approximate surface area is 203 Å². The molecule has 0 spiro atoms. The van der Waals surface area contributed by atoms with Crippen LogP contribution in [0.2, 0.25) is 0 Å². The molecule has 1 amide bonds. The number of nitrogens with zero attached hydrogens (tertiary/aromatic N) is 3. The van der Waals surface area contributed by atoms with E-state index >= 15 is 0 Å². The number of aromatic nitrogens is 3. The Kier molecular flexibility index (Phi) is 6.03. The zero-order valence-corrected chi connectivity index (χ0v) is 20.9. The van der Waals surface area contributed by atoms with Crippen LogP contribution in [0.15, 0.2) is 57.3 Å². The second-order valence-corrected chi connectivity index (χ2v) is 11.5. The molecule has 3 heterocycles. The Balaban J connectivity index is 1.44. The number of benzene rings is 2. The molecular formula is C24H22N4O2S3. The molecule has 0 bridgehead atoms. The molecule has 0 fully saturated rings. The summed E-state index contributed by atoms with van der Waals surface area (Å²) in [5.41, 5.74) is 4.55. The van der Waals surface area contributed by atoms with Crippen LogP contribution in [0.25, 0.3) is 15.9 Å². The monoisotopic (exact) mass is 494 g/mol. The first kappa shape index (κ1) is 22.2. The number of aryl methyl sites for hydroxylation is 2. The van der Waals surface area contributed by atoms with E-state index in [-0.39, 0.29) is 17.2 Å². The quantitative estimate of drug-likeness (QED) is 0.303. The van der Waals surface area contributed by atoms with Crippen molar-refractivity contribution in [2.45, 2.75) is 42.5 Å². The predicted molar refractivity (Wildman–Crippen MR) is 137 cm³/mol. The normalized spacial score (nSPS) is 15.1. The van der Waals surface area contributed by atoms with Crippen LogP contribution < -0.4 is 10.9 Å². The molecule has 1 unspecified atom stereocenters. The van der Waals surface area contributed by atoms with E-state index in [0.29, 0.717) is 20.4 Å². The Morgan fingerprint density at radius 3 is 2.70 bits per heavy atom. The predicted octanol–water partition coefficient (Wildman–Crippen LogP) is 5.23. The van der Waals surface area contributed by atoms with Gasteiger partial charge in [-0.05, 0) is 49.2 Å². The molecule has 9 heteroatoms. The molecule has 33 heavy (non-hydrogen) atoms. The second kappa shape index (κ2) is 8.96. The van der Waals surface area contributed by atoms with Gasteiger partial charge in [0.25, 0.3) is 5.56 Å². The molecule has 0 aliphatic carbocycles. The van der Waals surface area contributed by atoms with E-state index in [2.05, 4.69) is 23.3 Å². The third kappa shape index (κ3) is 4.58. The van der Waals surface area contributed by atoms with Crippen molar-refractivity contribution in [2.75, 3.05) is 11.1 Å². The third-order valence-electron chi connectivity index (χ3n) is 5.22. The summed E-state index contributed by atoms with van der Waals surface area (Å²) in [7, 11) is 0. The topological polar surface area (TPSA) is 76.9 Å². The Morgan fingerprint density at radius 1 is 1.18 bits per heavy atom.